The summed E-state index contributed by atoms with van der Waals surface area (Å²) >= 11 is 0. The van der Waals surface area contributed by atoms with Crippen LogP contribution in [-0.4, -0.2) is 49.3 Å². The molecule has 0 amide bonds. The molecule has 0 bridgehead atoms. The Hall–Kier alpha value is -1.25. The Labute approximate surface area is 300 Å². The molecule has 2 atom stereocenters. The summed E-state index contributed by atoms with van der Waals surface area (Å²) in [6, 6.07) is 0. The molecule has 0 aromatic heterocycles. The van der Waals surface area contributed by atoms with Gasteiger partial charge >= 0.3 is 19.8 Å². The van der Waals surface area contributed by atoms with Crippen LogP contribution in [0.25, 0.3) is 0 Å². The molecule has 3 N–H and O–H groups in total. The van der Waals surface area contributed by atoms with Crippen molar-refractivity contribution in [3.05, 3.63) is 12.2 Å². The van der Waals surface area contributed by atoms with Crippen LogP contribution in [0.5, 0.6) is 0 Å². The molecule has 0 spiro atoms. The van der Waals surface area contributed by atoms with E-state index in [-0.39, 0.29) is 38.6 Å². The highest BCUT2D eigenvalue weighted by Gasteiger charge is 2.26. The lowest BCUT2D eigenvalue weighted by Crippen LogP contribution is -2.29. The zero-order chi connectivity index (χ0) is 36.1. The van der Waals surface area contributed by atoms with Gasteiger partial charge in [0.1, 0.15) is 6.61 Å². The lowest BCUT2D eigenvalue weighted by Gasteiger charge is -2.19. The molecule has 290 valence electrons. The molecule has 0 aliphatic rings. The minimum Gasteiger partial charge on any atom is -0.462 e. The number of carbonyl (C=O) groups excluding carboxylic acids is 2. The number of esters is 2. The van der Waals surface area contributed by atoms with Gasteiger partial charge in [-0.15, -0.1) is 0 Å². The summed E-state index contributed by atoms with van der Waals surface area (Å²) in [7, 11) is -4.37. The molecule has 10 heteroatoms. The van der Waals surface area contributed by atoms with Crippen molar-refractivity contribution in [2.75, 3.05) is 26.4 Å². The molecule has 0 saturated heterocycles. The maximum Gasteiger partial charge on any atom is 0.472 e. The molecule has 0 rings (SSSR count). The van der Waals surface area contributed by atoms with E-state index in [4.69, 9.17) is 24.3 Å². The van der Waals surface area contributed by atoms with Crippen molar-refractivity contribution in [2.24, 2.45) is 5.73 Å². The van der Waals surface area contributed by atoms with Crippen LogP contribution in [0.1, 0.15) is 194 Å². The maximum absolute atomic E-state index is 12.5. The number of phosphoric acid groups is 1. The number of nitrogens with two attached hydrogens (primary N) is 1. The second kappa shape index (κ2) is 36.5. The second-order valence-corrected chi connectivity index (χ2v) is 15.0. The Morgan fingerprint density at radius 1 is 0.592 bits per heavy atom. The molecule has 0 aliphatic heterocycles. The molecule has 0 radical (unpaired) electrons. The van der Waals surface area contributed by atoms with Gasteiger partial charge in [-0.05, 0) is 38.5 Å². The van der Waals surface area contributed by atoms with E-state index in [2.05, 4.69) is 26.0 Å². The summed E-state index contributed by atoms with van der Waals surface area (Å²) in [5.41, 5.74) is 5.33. The number of carbonyl (C=O) groups is 2. The van der Waals surface area contributed by atoms with E-state index in [0.717, 1.165) is 44.9 Å². The third kappa shape index (κ3) is 36.3. The topological polar surface area (TPSA) is 134 Å². The normalized spacial score (nSPS) is 13.5. The van der Waals surface area contributed by atoms with Gasteiger partial charge in [0.25, 0.3) is 0 Å². The number of rotatable bonds is 38. The van der Waals surface area contributed by atoms with Crippen molar-refractivity contribution in [1.29, 1.82) is 0 Å². The van der Waals surface area contributed by atoms with Gasteiger partial charge in [0.2, 0.25) is 0 Å². The fraction of sp³-hybridized carbons (Fsp3) is 0.897. The minimum absolute atomic E-state index is 0.0555. The average Bonchev–Trinajstić information content (AvgIpc) is 3.08. The zero-order valence-electron chi connectivity index (χ0n) is 31.7. The van der Waals surface area contributed by atoms with Crippen molar-refractivity contribution < 1.29 is 37.6 Å². The van der Waals surface area contributed by atoms with Crippen molar-refractivity contribution in [3.8, 4) is 0 Å². The van der Waals surface area contributed by atoms with Gasteiger partial charge in [0.15, 0.2) is 6.10 Å². The number of ether oxygens (including phenoxy) is 2. The summed E-state index contributed by atoms with van der Waals surface area (Å²) < 4.78 is 32.7. The largest absolute Gasteiger partial charge is 0.472 e. The van der Waals surface area contributed by atoms with Gasteiger partial charge in [-0.2, -0.15) is 0 Å². The predicted octanol–water partition coefficient (Wildman–Crippen LogP) is 11.1. The van der Waals surface area contributed by atoms with Crippen LogP contribution in [-0.2, 0) is 32.7 Å². The van der Waals surface area contributed by atoms with Gasteiger partial charge in [0.05, 0.1) is 13.2 Å². The van der Waals surface area contributed by atoms with Gasteiger partial charge in [-0.1, -0.05) is 154 Å². The van der Waals surface area contributed by atoms with Crippen LogP contribution in [0, 0.1) is 0 Å². The molecule has 0 aromatic rings. The van der Waals surface area contributed by atoms with E-state index in [9.17, 15) is 19.0 Å². The Balaban J connectivity index is 4.17. The molecular formula is C39H76NO8P. The first-order valence-electron chi connectivity index (χ1n) is 20.2. The van der Waals surface area contributed by atoms with Crippen molar-refractivity contribution in [3.63, 3.8) is 0 Å². The summed E-state index contributed by atoms with van der Waals surface area (Å²) in [6.45, 7) is 3.72. The summed E-state index contributed by atoms with van der Waals surface area (Å²) in [4.78, 5) is 34.7. The summed E-state index contributed by atoms with van der Waals surface area (Å²) in [5, 5.41) is 0. The monoisotopic (exact) mass is 718 g/mol. The van der Waals surface area contributed by atoms with Gasteiger partial charge in [0, 0.05) is 19.4 Å². The SMILES string of the molecule is CCCCCC/C=C/CCCCCCCCCC(=O)OC[C@H](COP(=O)(O)OCCN)OC(=O)CCCCCCCCCCCCCCC. The summed E-state index contributed by atoms with van der Waals surface area (Å²) in [6.07, 6.45) is 35.2. The number of allylic oxidation sites excluding steroid dienone is 2. The van der Waals surface area contributed by atoms with Crippen molar-refractivity contribution in [1.82, 2.24) is 0 Å². The first-order valence-corrected chi connectivity index (χ1v) is 21.7. The smallest absolute Gasteiger partial charge is 0.462 e. The van der Waals surface area contributed by atoms with E-state index in [1.807, 2.05) is 0 Å². The van der Waals surface area contributed by atoms with Gasteiger partial charge in [-0.3, -0.25) is 18.6 Å². The highest BCUT2D eigenvalue weighted by molar-refractivity contribution is 7.47. The molecule has 0 fully saturated rings. The molecule has 0 saturated carbocycles. The first-order chi connectivity index (χ1) is 23.8. The molecule has 0 heterocycles. The molecule has 1 unspecified atom stereocenters. The number of unbranched alkanes of at least 4 members (excludes halogenated alkanes) is 23. The molecule has 9 nitrogen and oxygen atoms in total. The van der Waals surface area contributed by atoms with E-state index >= 15 is 0 Å². The van der Waals surface area contributed by atoms with E-state index < -0.39 is 26.5 Å². The fourth-order valence-electron chi connectivity index (χ4n) is 5.63. The van der Waals surface area contributed by atoms with E-state index in [1.165, 1.54) is 116 Å². The minimum atomic E-state index is -4.37. The Bertz CT molecular complexity index is 825. The van der Waals surface area contributed by atoms with Crippen LogP contribution >= 0.6 is 7.82 Å². The van der Waals surface area contributed by atoms with Crippen LogP contribution < -0.4 is 5.73 Å². The molecule has 49 heavy (non-hydrogen) atoms. The molecule has 0 aliphatic carbocycles. The van der Waals surface area contributed by atoms with Crippen LogP contribution in [0.4, 0.5) is 0 Å². The van der Waals surface area contributed by atoms with Crippen LogP contribution in [0.2, 0.25) is 0 Å². The van der Waals surface area contributed by atoms with Crippen LogP contribution in [0.15, 0.2) is 12.2 Å². The Kier molecular flexibility index (Phi) is 35.6. The third-order valence-corrected chi connectivity index (χ3v) is 9.64. The lowest BCUT2D eigenvalue weighted by atomic mass is 10.0. The molecule has 0 aromatic carbocycles. The number of hydrogen-bond donors (Lipinski definition) is 2. The van der Waals surface area contributed by atoms with Crippen LogP contribution in [0.3, 0.4) is 0 Å². The van der Waals surface area contributed by atoms with Crippen molar-refractivity contribution in [2.45, 2.75) is 200 Å². The Morgan fingerprint density at radius 3 is 1.47 bits per heavy atom. The maximum atomic E-state index is 12.5. The highest BCUT2D eigenvalue weighted by Crippen LogP contribution is 2.43. The average molecular weight is 718 g/mol. The lowest BCUT2D eigenvalue weighted by molar-refractivity contribution is -0.161. The van der Waals surface area contributed by atoms with Gasteiger partial charge < -0.3 is 20.1 Å². The molecular weight excluding hydrogens is 641 g/mol. The highest BCUT2D eigenvalue weighted by atomic mass is 31.2. The summed E-state index contributed by atoms with van der Waals surface area (Å²) in [5.74, 6) is -0.826. The standard InChI is InChI=1S/C39H76NO8P/c1-3-5-7-9-11-13-15-17-18-20-21-23-25-27-29-31-38(41)45-35-37(36-47-49(43,44)46-34-33-40)48-39(42)32-30-28-26-24-22-19-16-14-12-10-8-6-4-2/h13,15,37H,3-12,14,16-36,40H2,1-2H3,(H,43,44)/b15-13+/t37-/m1/s1. The number of hydrogen-bond acceptors (Lipinski definition) is 8. The van der Waals surface area contributed by atoms with Gasteiger partial charge in [-0.25, -0.2) is 4.57 Å². The predicted molar refractivity (Wildman–Crippen MR) is 201 cm³/mol. The van der Waals surface area contributed by atoms with Crippen molar-refractivity contribution >= 4 is 19.8 Å². The first kappa shape index (κ1) is 47.8. The Morgan fingerprint density at radius 2 is 1.00 bits per heavy atom. The van der Waals surface area contributed by atoms with E-state index in [0.29, 0.717) is 6.42 Å². The third-order valence-electron chi connectivity index (χ3n) is 8.65. The fourth-order valence-corrected chi connectivity index (χ4v) is 6.39. The van der Waals surface area contributed by atoms with E-state index in [1.54, 1.807) is 0 Å². The second-order valence-electron chi connectivity index (χ2n) is 13.5. The zero-order valence-corrected chi connectivity index (χ0v) is 32.6. The number of phosphoric ester groups is 1. The quantitative estimate of drug-likeness (QED) is 0.0277.